The van der Waals surface area contributed by atoms with Gasteiger partial charge in [-0.05, 0) is 22.3 Å². The Labute approximate surface area is 355 Å². The van der Waals surface area contributed by atoms with Gasteiger partial charge in [0.15, 0.2) is 0 Å². The third kappa shape index (κ3) is 25.5. The molecular formula is C44H67NO15. The maximum Gasteiger partial charge on any atom is 0.407 e. The molecule has 16 heteroatoms. The van der Waals surface area contributed by atoms with Crippen molar-refractivity contribution in [1.29, 1.82) is 0 Å². The van der Waals surface area contributed by atoms with E-state index in [1.54, 1.807) is 0 Å². The summed E-state index contributed by atoms with van der Waals surface area (Å²) in [7, 11) is 0. The van der Waals surface area contributed by atoms with E-state index in [0.29, 0.717) is 178 Å². The summed E-state index contributed by atoms with van der Waals surface area (Å²) in [5.74, 6) is 2.43. The molecule has 2 aromatic rings. The number of hydrogen-bond donors (Lipinski definition) is 1. The van der Waals surface area contributed by atoms with Gasteiger partial charge in [0.1, 0.15) is 13.2 Å². The van der Waals surface area contributed by atoms with Gasteiger partial charge < -0.3 is 71.6 Å². The van der Waals surface area contributed by atoms with Gasteiger partial charge in [0.05, 0.1) is 165 Å². The van der Waals surface area contributed by atoms with Crippen LogP contribution in [-0.4, -0.2) is 191 Å². The lowest BCUT2D eigenvalue weighted by Crippen LogP contribution is -2.29. The molecule has 1 aliphatic rings. The van der Waals surface area contributed by atoms with E-state index in [4.69, 9.17) is 72.7 Å². The SMILES string of the molecule is C#CCOCCOCCOCCOCCOCCOCCOCCOCCOCCOCCOCCOCCOCCNC(=O)OCC1c2ccccc2-c2ccccc21. The molecule has 0 heterocycles. The molecule has 0 atom stereocenters. The Balaban J connectivity index is 0.919. The van der Waals surface area contributed by atoms with Crippen LogP contribution in [0.3, 0.4) is 0 Å². The smallest absolute Gasteiger partial charge is 0.407 e. The first-order valence-electron chi connectivity index (χ1n) is 20.8. The molecule has 1 aliphatic carbocycles. The third-order valence-electron chi connectivity index (χ3n) is 8.51. The predicted molar refractivity (Wildman–Crippen MR) is 223 cm³/mol. The molecule has 0 bridgehead atoms. The fourth-order valence-corrected chi connectivity index (χ4v) is 5.64. The number of hydrogen-bond acceptors (Lipinski definition) is 15. The lowest BCUT2D eigenvalue weighted by Gasteiger charge is -2.14. The quantitative estimate of drug-likeness (QED) is 0.0766. The monoisotopic (exact) mass is 849 g/mol. The second kappa shape index (κ2) is 37.5. The minimum Gasteiger partial charge on any atom is -0.449 e. The number of terminal acetylenes is 1. The predicted octanol–water partition coefficient (Wildman–Crippen LogP) is 3.37. The van der Waals surface area contributed by atoms with Crippen molar-refractivity contribution in [1.82, 2.24) is 5.32 Å². The van der Waals surface area contributed by atoms with Crippen LogP contribution in [0.15, 0.2) is 48.5 Å². The second-order valence-corrected chi connectivity index (χ2v) is 12.9. The van der Waals surface area contributed by atoms with Crippen LogP contribution in [0.5, 0.6) is 0 Å². The van der Waals surface area contributed by atoms with E-state index in [9.17, 15) is 4.79 Å². The normalized spacial score (nSPS) is 12.1. The number of nitrogens with one attached hydrogen (secondary N) is 1. The summed E-state index contributed by atoms with van der Waals surface area (Å²) >= 11 is 0. The molecule has 60 heavy (non-hydrogen) atoms. The molecule has 0 saturated heterocycles. The van der Waals surface area contributed by atoms with Gasteiger partial charge in [-0.1, -0.05) is 54.5 Å². The zero-order valence-corrected chi connectivity index (χ0v) is 35.2. The van der Waals surface area contributed by atoms with Crippen molar-refractivity contribution in [2.45, 2.75) is 5.92 Å². The van der Waals surface area contributed by atoms with E-state index in [0.717, 1.165) is 0 Å². The molecule has 0 aliphatic heterocycles. The molecule has 3 rings (SSSR count). The lowest BCUT2D eigenvalue weighted by molar-refractivity contribution is -0.0288. The van der Waals surface area contributed by atoms with Gasteiger partial charge in [0, 0.05) is 12.5 Å². The molecule has 0 unspecified atom stereocenters. The number of carbonyl (C=O) groups is 1. The summed E-state index contributed by atoms with van der Waals surface area (Å²) in [6, 6.07) is 16.5. The molecule has 0 spiro atoms. The second-order valence-electron chi connectivity index (χ2n) is 12.9. The summed E-state index contributed by atoms with van der Waals surface area (Å²) in [4.78, 5) is 12.3. The van der Waals surface area contributed by atoms with E-state index in [-0.39, 0.29) is 12.5 Å². The average molecular weight is 850 g/mol. The number of rotatable bonds is 42. The van der Waals surface area contributed by atoms with Gasteiger partial charge in [-0.3, -0.25) is 0 Å². The Hall–Kier alpha value is -3.25. The molecule has 338 valence electrons. The Kier molecular flexibility index (Phi) is 31.9. The number of alkyl carbamates (subject to hydrolysis) is 1. The highest BCUT2D eigenvalue weighted by Crippen LogP contribution is 2.44. The highest BCUT2D eigenvalue weighted by Gasteiger charge is 2.29. The van der Waals surface area contributed by atoms with Gasteiger partial charge in [-0.15, -0.1) is 6.42 Å². The minimum absolute atomic E-state index is 0.0333. The fourth-order valence-electron chi connectivity index (χ4n) is 5.64. The molecule has 1 amide bonds. The van der Waals surface area contributed by atoms with Crippen LogP contribution in [0.25, 0.3) is 11.1 Å². The zero-order chi connectivity index (χ0) is 42.2. The summed E-state index contributed by atoms with van der Waals surface area (Å²) in [6.45, 7) is 12.9. The first-order valence-corrected chi connectivity index (χ1v) is 20.8. The number of carbonyl (C=O) groups excluding carboxylic acids is 1. The highest BCUT2D eigenvalue weighted by atomic mass is 16.6. The van der Waals surface area contributed by atoms with Crippen LogP contribution in [-0.2, 0) is 66.3 Å². The van der Waals surface area contributed by atoms with Crippen molar-refractivity contribution in [3.8, 4) is 23.5 Å². The number of amides is 1. The fraction of sp³-hybridized carbons (Fsp3) is 0.659. The van der Waals surface area contributed by atoms with Crippen molar-refractivity contribution >= 4 is 6.09 Å². The van der Waals surface area contributed by atoms with Crippen molar-refractivity contribution in [3.05, 3.63) is 59.7 Å². The van der Waals surface area contributed by atoms with Gasteiger partial charge >= 0.3 is 6.09 Å². The van der Waals surface area contributed by atoms with Crippen LogP contribution >= 0.6 is 0 Å². The lowest BCUT2D eigenvalue weighted by atomic mass is 9.98. The molecule has 0 saturated carbocycles. The Bertz CT molecular complexity index is 1320. The van der Waals surface area contributed by atoms with E-state index in [2.05, 4.69) is 35.5 Å². The van der Waals surface area contributed by atoms with Crippen molar-refractivity contribution in [2.24, 2.45) is 0 Å². The molecule has 0 radical (unpaired) electrons. The highest BCUT2D eigenvalue weighted by molar-refractivity contribution is 5.79. The molecule has 0 fully saturated rings. The van der Waals surface area contributed by atoms with E-state index in [1.807, 2.05) is 24.3 Å². The van der Waals surface area contributed by atoms with Crippen LogP contribution in [0.4, 0.5) is 4.79 Å². The van der Waals surface area contributed by atoms with E-state index < -0.39 is 6.09 Å². The standard InChI is InChI=1S/C44H67NO15/c1-2-12-47-14-16-49-18-20-51-22-24-53-26-28-55-30-32-57-34-36-59-37-35-58-33-31-56-29-27-54-25-23-52-21-19-50-17-15-48-13-11-45-44(46)60-38-43-41-9-5-3-7-39(41)40-8-4-6-10-42(40)43/h1,3-10,43H,11-38H2,(H,45,46). The maximum atomic E-state index is 12.3. The Morgan fingerprint density at radius 2 is 0.717 bits per heavy atom. The number of fused-ring (bicyclic) bond motifs is 3. The summed E-state index contributed by atoms with van der Waals surface area (Å²) in [5, 5.41) is 2.74. The van der Waals surface area contributed by atoms with E-state index in [1.165, 1.54) is 22.3 Å². The van der Waals surface area contributed by atoms with Crippen LogP contribution in [0, 0.1) is 12.3 Å². The van der Waals surface area contributed by atoms with E-state index >= 15 is 0 Å². The van der Waals surface area contributed by atoms with Crippen LogP contribution in [0.2, 0.25) is 0 Å². The largest absolute Gasteiger partial charge is 0.449 e. The topological polar surface area (TPSA) is 158 Å². The molecule has 2 aromatic carbocycles. The Morgan fingerprint density at radius 3 is 1.03 bits per heavy atom. The molecule has 16 nitrogen and oxygen atoms in total. The molecular weight excluding hydrogens is 782 g/mol. The van der Waals surface area contributed by atoms with Crippen LogP contribution in [0.1, 0.15) is 17.0 Å². The summed E-state index contributed by atoms with van der Waals surface area (Å²) in [6.07, 6.45) is 4.63. The number of ether oxygens (including phenoxy) is 14. The van der Waals surface area contributed by atoms with Gasteiger partial charge in [-0.2, -0.15) is 0 Å². The maximum absolute atomic E-state index is 12.3. The summed E-state index contributed by atoms with van der Waals surface area (Å²) < 4.78 is 76.4. The van der Waals surface area contributed by atoms with Gasteiger partial charge in [0.25, 0.3) is 0 Å². The molecule has 1 N–H and O–H groups in total. The number of benzene rings is 2. The third-order valence-corrected chi connectivity index (χ3v) is 8.51. The zero-order valence-electron chi connectivity index (χ0n) is 35.2. The van der Waals surface area contributed by atoms with Crippen molar-refractivity contribution in [3.63, 3.8) is 0 Å². The van der Waals surface area contributed by atoms with Crippen molar-refractivity contribution < 1.29 is 71.1 Å². The first kappa shape index (κ1) is 51.1. The summed E-state index contributed by atoms with van der Waals surface area (Å²) in [5.41, 5.74) is 4.76. The first-order chi connectivity index (χ1) is 29.8. The average Bonchev–Trinajstić information content (AvgIpc) is 3.59. The Morgan fingerprint density at radius 1 is 0.433 bits per heavy atom. The van der Waals surface area contributed by atoms with Crippen molar-refractivity contribution in [2.75, 3.05) is 185 Å². The van der Waals surface area contributed by atoms with Gasteiger partial charge in [0.2, 0.25) is 0 Å². The van der Waals surface area contributed by atoms with Gasteiger partial charge in [-0.25, -0.2) is 4.79 Å². The molecule has 0 aromatic heterocycles. The minimum atomic E-state index is -0.455. The van der Waals surface area contributed by atoms with Crippen LogP contribution < -0.4 is 5.32 Å².